The van der Waals surface area contributed by atoms with Crippen LogP contribution >= 0.6 is 23.4 Å². The van der Waals surface area contributed by atoms with Crippen molar-refractivity contribution >= 4 is 23.4 Å². The minimum atomic E-state index is 0.640. The molecule has 3 aromatic rings. The molecule has 0 saturated carbocycles. The molecule has 0 radical (unpaired) electrons. The van der Waals surface area contributed by atoms with Gasteiger partial charge in [-0.15, -0.1) is 0 Å². The van der Waals surface area contributed by atoms with Gasteiger partial charge in [0.15, 0.2) is 0 Å². The summed E-state index contributed by atoms with van der Waals surface area (Å²) in [5, 5.41) is 5.66. The zero-order valence-electron chi connectivity index (χ0n) is 11.4. The van der Waals surface area contributed by atoms with Crippen molar-refractivity contribution in [2.45, 2.75) is 17.7 Å². The normalized spacial score (nSPS) is 10.8. The lowest BCUT2D eigenvalue weighted by atomic mass is 10.1. The maximum absolute atomic E-state index is 5.81. The Morgan fingerprint density at radius 2 is 1.95 bits per heavy atom. The van der Waals surface area contributed by atoms with Crippen molar-refractivity contribution in [2.24, 2.45) is 0 Å². The van der Waals surface area contributed by atoms with Crippen LogP contribution in [0.15, 0.2) is 58.2 Å². The summed E-state index contributed by atoms with van der Waals surface area (Å²) in [6.07, 6.45) is 1.64. The van der Waals surface area contributed by atoms with Gasteiger partial charge in [-0.05, 0) is 19.1 Å². The standard InChI is InChI=1S/C16H13ClN2OS/c1-11-2-4-12(5-3-11)15-8-14(20-19-15)10-21-16-7-6-13(17)9-18-16/h2-9H,10H2,1H3. The topological polar surface area (TPSA) is 38.9 Å². The minimum Gasteiger partial charge on any atom is -0.360 e. The van der Waals surface area contributed by atoms with Gasteiger partial charge >= 0.3 is 0 Å². The summed E-state index contributed by atoms with van der Waals surface area (Å²) in [6.45, 7) is 2.06. The van der Waals surface area contributed by atoms with Gasteiger partial charge < -0.3 is 4.52 Å². The molecule has 21 heavy (non-hydrogen) atoms. The highest BCUT2D eigenvalue weighted by Gasteiger charge is 2.07. The molecule has 106 valence electrons. The Hall–Kier alpha value is -1.78. The number of pyridine rings is 1. The summed E-state index contributed by atoms with van der Waals surface area (Å²) in [7, 11) is 0. The van der Waals surface area contributed by atoms with Gasteiger partial charge in [0.2, 0.25) is 0 Å². The van der Waals surface area contributed by atoms with Gasteiger partial charge in [-0.3, -0.25) is 0 Å². The fourth-order valence-electron chi connectivity index (χ4n) is 1.83. The van der Waals surface area contributed by atoms with E-state index < -0.39 is 0 Å². The van der Waals surface area contributed by atoms with Gasteiger partial charge in [-0.2, -0.15) is 0 Å². The van der Waals surface area contributed by atoms with Crippen LogP contribution in [0.2, 0.25) is 5.02 Å². The summed E-state index contributed by atoms with van der Waals surface area (Å²) in [5.74, 6) is 1.51. The molecule has 0 aliphatic carbocycles. The van der Waals surface area contributed by atoms with Crippen molar-refractivity contribution in [1.29, 1.82) is 0 Å². The summed E-state index contributed by atoms with van der Waals surface area (Å²) < 4.78 is 5.37. The molecule has 2 heterocycles. The number of rotatable bonds is 4. The second-order valence-corrected chi connectivity index (χ2v) is 6.08. The monoisotopic (exact) mass is 316 g/mol. The van der Waals surface area contributed by atoms with Crippen LogP contribution < -0.4 is 0 Å². The number of aryl methyl sites for hydroxylation is 1. The molecule has 0 atom stereocenters. The van der Waals surface area contributed by atoms with Gasteiger partial charge in [0.25, 0.3) is 0 Å². The highest BCUT2D eigenvalue weighted by molar-refractivity contribution is 7.98. The second kappa shape index (κ2) is 6.33. The molecular weight excluding hydrogens is 304 g/mol. The van der Waals surface area contributed by atoms with E-state index in [1.54, 1.807) is 18.0 Å². The third-order valence-electron chi connectivity index (χ3n) is 2.97. The molecule has 0 fully saturated rings. The largest absolute Gasteiger partial charge is 0.360 e. The van der Waals surface area contributed by atoms with Crippen LogP contribution in [-0.4, -0.2) is 10.1 Å². The van der Waals surface area contributed by atoms with Crippen molar-refractivity contribution < 1.29 is 4.52 Å². The number of hydrogen-bond donors (Lipinski definition) is 0. The molecule has 0 aliphatic rings. The molecule has 0 amide bonds. The number of nitrogens with zero attached hydrogens (tertiary/aromatic N) is 2. The van der Waals surface area contributed by atoms with E-state index in [0.29, 0.717) is 10.8 Å². The molecule has 0 saturated heterocycles. The summed E-state index contributed by atoms with van der Waals surface area (Å²) in [5.41, 5.74) is 3.15. The smallest absolute Gasteiger partial charge is 0.147 e. The van der Waals surface area contributed by atoms with Gasteiger partial charge in [0, 0.05) is 17.8 Å². The van der Waals surface area contributed by atoms with E-state index in [4.69, 9.17) is 16.1 Å². The number of halogens is 1. The molecule has 0 spiro atoms. The average molecular weight is 317 g/mol. The SMILES string of the molecule is Cc1ccc(-c2cc(CSc3ccc(Cl)cn3)on2)cc1. The molecule has 0 bridgehead atoms. The Bertz CT molecular complexity index is 723. The van der Waals surface area contributed by atoms with Crippen LogP contribution in [0.3, 0.4) is 0 Å². The van der Waals surface area contributed by atoms with Crippen LogP contribution in [0.5, 0.6) is 0 Å². The lowest BCUT2D eigenvalue weighted by Crippen LogP contribution is -1.80. The first-order chi connectivity index (χ1) is 10.2. The molecule has 0 aliphatic heterocycles. The number of aromatic nitrogens is 2. The van der Waals surface area contributed by atoms with Gasteiger partial charge in [0.05, 0.1) is 15.8 Å². The van der Waals surface area contributed by atoms with E-state index in [-0.39, 0.29) is 0 Å². The van der Waals surface area contributed by atoms with Crippen molar-refractivity contribution in [1.82, 2.24) is 10.1 Å². The highest BCUT2D eigenvalue weighted by Crippen LogP contribution is 2.25. The average Bonchev–Trinajstić information content (AvgIpc) is 2.96. The number of benzene rings is 1. The summed E-state index contributed by atoms with van der Waals surface area (Å²) in [4.78, 5) is 4.24. The number of hydrogen-bond acceptors (Lipinski definition) is 4. The summed E-state index contributed by atoms with van der Waals surface area (Å²) in [6, 6.07) is 13.9. The third kappa shape index (κ3) is 3.65. The Labute approximate surface area is 132 Å². The first-order valence-electron chi connectivity index (χ1n) is 6.48. The first-order valence-corrected chi connectivity index (χ1v) is 7.84. The molecule has 1 aromatic carbocycles. The van der Waals surface area contributed by atoms with E-state index in [9.17, 15) is 0 Å². The zero-order chi connectivity index (χ0) is 14.7. The molecule has 2 aromatic heterocycles. The second-order valence-electron chi connectivity index (χ2n) is 4.65. The molecule has 0 unspecified atom stereocenters. The van der Waals surface area contributed by atoms with Crippen LogP contribution in [0.4, 0.5) is 0 Å². The van der Waals surface area contributed by atoms with E-state index in [1.807, 2.05) is 30.3 Å². The van der Waals surface area contributed by atoms with E-state index in [0.717, 1.165) is 22.0 Å². The highest BCUT2D eigenvalue weighted by atomic mass is 35.5. The van der Waals surface area contributed by atoms with E-state index in [2.05, 4.69) is 29.2 Å². The predicted octanol–water partition coefficient (Wildman–Crippen LogP) is 4.99. The third-order valence-corrected chi connectivity index (χ3v) is 4.16. The van der Waals surface area contributed by atoms with Gasteiger partial charge in [0.1, 0.15) is 11.5 Å². The Kier molecular flexibility index (Phi) is 4.27. The molecule has 3 rings (SSSR count). The van der Waals surface area contributed by atoms with E-state index >= 15 is 0 Å². The maximum Gasteiger partial charge on any atom is 0.147 e. The van der Waals surface area contributed by atoms with Crippen molar-refractivity contribution in [3.63, 3.8) is 0 Å². The molecule has 0 N–H and O–H groups in total. The lowest BCUT2D eigenvalue weighted by Gasteiger charge is -1.97. The van der Waals surface area contributed by atoms with Crippen molar-refractivity contribution in [3.8, 4) is 11.3 Å². The molecule has 5 heteroatoms. The fourth-order valence-corrected chi connectivity index (χ4v) is 2.66. The molecular formula is C16H13ClN2OS. The fraction of sp³-hybridized carbons (Fsp3) is 0.125. The summed E-state index contributed by atoms with van der Waals surface area (Å²) >= 11 is 7.40. The maximum atomic E-state index is 5.81. The minimum absolute atomic E-state index is 0.640. The first kappa shape index (κ1) is 14.2. The Morgan fingerprint density at radius 1 is 1.14 bits per heavy atom. The van der Waals surface area contributed by atoms with Crippen LogP contribution in [0, 0.1) is 6.92 Å². The zero-order valence-corrected chi connectivity index (χ0v) is 13.0. The van der Waals surface area contributed by atoms with Crippen LogP contribution in [-0.2, 0) is 5.75 Å². The predicted molar refractivity (Wildman–Crippen MR) is 85.5 cm³/mol. The number of thioether (sulfide) groups is 1. The van der Waals surface area contributed by atoms with E-state index in [1.165, 1.54) is 5.56 Å². The quantitative estimate of drug-likeness (QED) is 0.636. The Morgan fingerprint density at radius 3 is 2.67 bits per heavy atom. The Balaban J connectivity index is 1.67. The lowest BCUT2D eigenvalue weighted by molar-refractivity contribution is 0.397. The molecule has 3 nitrogen and oxygen atoms in total. The van der Waals surface area contributed by atoms with Gasteiger partial charge in [-0.1, -0.05) is 58.3 Å². The van der Waals surface area contributed by atoms with Crippen LogP contribution in [0.1, 0.15) is 11.3 Å². The van der Waals surface area contributed by atoms with Crippen LogP contribution in [0.25, 0.3) is 11.3 Å². The van der Waals surface area contributed by atoms with Crippen molar-refractivity contribution in [3.05, 3.63) is 65.0 Å². The van der Waals surface area contributed by atoms with Gasteiger partial charge in [-0.25, -0.2) is 4.98 Å². The van der Waals surface area contributed by atoms with Crippen molar-refractivity contribution in [2.75, 3.05) is 0 Å².